The molecule has 1 fully saturated rings. The van der Waals surface area contributed by atoms with Crippen LogP contribution in [0.1, 0.15) is 25.7 Å². The lowest BCUT2D eigenvalue weighted by molar-refractivity contribution is 0.413. The van der Waals surface area contributed by atoms with E-state index >= 15 is 0 Å². The molecule has 4 rings (SSSR count). The molecule has 6 nitrogen and oxygen atoms in total. The van der Waals surface area contributed by atoms with Crippen molar-refractivity contribution in [3.8, 4) is 17.3 Å². The third-order valence-electron chi connectivity index (χ3n) is 4.78. The van der Waals surface area contributed by atoms with Crippen molar-refractivity contribution in [3.05, 3.63) is 30.5 Å². The first-order chi connectivity index (χ1) is 11.8. The van der Waals surface area contributed by atoms with Gasteiger partial charge in [-0.25, -0.2) is 9.97 Å². The quantitative estimate of drug-likeness (QED) is 0.797. The Labute approximate surface area is 140 Å². The molecule has 124 valence electrons. The normalized spacial score (nSPS) is 15.2. The second kappa shape index (κ2) is 6.11. The molecule has 0 unspecified atom stereocenters. The molecule has 2 aromatic heterocycles. The summed E-state index contributed by atoms with van der Waals surface area (Å²) in [5, 5.41) is 5.87. The Balaban J connectivity index is 1.79. The second-order valence-electron chi connectivity index (χ2n) is 6.35. The van der Waals surface area contributed by atoms with Crippen LogP contribution in [0.3, 0.4) is 0 Å². The van der Waals surface area contributed by atoms with Gasteiger partial charge in [0.1, 0.15) is 5.69 Å². The Bertz CT molecular complexity index is 867. The summed E-state index contributed by atoms with van der Waals surface area (Å²) in [5.41, 5.74) is 7.84. The number of hydrogen-bond donors (Lipinski definition) is 1. The zero-order valence-electron chi connectivity index (χ0n) is 13.8. The summed E-state index contributed by atoms with van der Waals surface area (Å²) >= 11 is 0. The van der Waals surface area contributed by atoms with Crippen LogP contribution in [0, 0.1) is 5.92 Å². The van der Waals surface area contributed by atoms with E-state index < -0.39 is 0 Å². The smallest absolute Gasteiger partial charge is 0.182 e. The number of nitrogens with zero attached hydrogens (tertiary/aromatic N) is 4. The molecule has 0 amide bonds. The molecule has 2 N–H and O–H groups in total. The van der Waals surface area contributed by atoms with Gasteiger partial charge in [-0.2, -0.15) is 5.10 Å². The number of hydrogen-bond acceptors (Lipinski definition) is 5. The maximum Gasteiger partial charge on any atom is 0.182 e. The van der Waals surface area contributed by atoms with Gasteiger partial charge in [0.05, 0.1) is 18.8 Å². The largest absolute Gasteiger partial charge is 0.491 e. The minimum atomic E-state index is 0.330. The van der Waals surface area contributed by atoms with Crippen molar-refractivity contribution in [1.29, 1.82) is 0 Å². The van der Waals surface area contributed by atoms with E-state index in [0.29, 0.717) is 23.3 Å². The molecule has 0 radical (unpaired) electrons. The van der Waals surface area contributed by atoms with Crippen molar-refractivity contribution in [2.45, 2.75) is 32.2 Å². The lowest BCUT2D eigenvalue weighted by atomic mass is 10.1. The summed E-state index contributed by atoms with van der Waals surface area (Å²) in [6.07, 6.45) is 6.83. The molecule has 24 heavy (non-hydrogen) atoms. The Morgan fingerprint density at radius 1 is 1.25 bits per heavy atom. The monoisotopic (exact) mass is 323 g/mol. The number of benzene rings is 1. The molecular formula is C18H21N5O. The molecule has 1 saturated carbocycles. The Hall–Kier alpha value is -2.63. The van der Waals surface area contributed by atoms with Crippen molar-refractivity contribution in [1.82, 2.24) is 19.7 Å². The van der Waals surface area contributed by atoms with E-state index in [4.69, 9.17) is 15.6 Å². The van der Waals surface area contributed by atoms with Gasteiger partial charge in [-0.05, 0) is 24.8 Å². The van der Waals surface area contributed by atoms with E-state index in [2.05, 4.69) is 26.8 Å². The summed E-state index contributed by atoms with van der Waals surface area (Å²) in [6, 6.07) is 8.22. The molecule has 2 heterocycles. The highest BCUT2D eigenvalue weighted by atomic mass is 16.5. The maximum atomic E-state index is 5.94. The molecule has 0 saturated heterocycles. The number of fused-ring (bicyclic) bond motifs is 1. The van der Waals surface area contributed by atoms with Crippen LogP contribution in [-0.2, 0) is 6.54 Å². The average molecular weight is 323 g/mol. The van der Waals surface area contributed by atoms with Gasteiger partial charge in [-0.3, -0.25) is 4.68 Å². The van der Waals surface area contributed by atoms with Gasteiger partial charge in [0.25, 0.3) is 0 Å². The number of para-hydroxylation sites is 1. The first-order valence-electron chi connectivity index (χ1n) is 8.38. The van der Waals surface area contributed by atoms with Crippen molar-refractivity contribution in [2.24, 2.45) is 5.92 Å². The van der Waals surface area contributed by atoms with E-state index in [0.717, 1.165) is 23.1 Å². The number of anilines is 1. The van der Waals surface area contributed by atoms with Crippen molar-refractivity contribution < 1.29 is 4.74 Å². The fraction of sp³-hybridized carbons (Fsp3) is 0.389. The van der Waals surface area contributed by atoms with Crippen LogP contribution in [0.2, 0.25) is 0 Å². The fourth-order valence-corrected chi connectivity index (χ4v) is 3.52. The number of methoxy groups -OCH3 is 1. The van der Waals surface area contributed by atoms with Gasteiger partial charge >= 0.3 is 0 Å². The van der Waals surface area contributed by atoms with Crippen LogP contribution in [0.25, 0.3) is 22.4 Å². The number of nitrogens with two attached hydrogens (primary N) is 1. The summed E-state index contributed by atoms with van der Waals surface area (Å²) < 4.78 is 7.24. The van der Waals surface area contributed by atoms with E-state index in [9.17, 15) is 0 Å². The van der Waals surface area contributed by atoms with E-state index in [1.807, 2.05) is 12.1 Å². The molecule has 0 bridgehead atoms. The molecule has 6 heteroatoms. The topological polar surface area (TPSA) is 78.9 Å². The number of rotatable bonds is 4. The van der Waals surface area contributed by atoms with Gasteiger partial charge < -0.3 is 10.5 Å². The van der Waals surface area contributed by atoms with Gasteiger partial charge in [-0.1, -0.05) is 31.0 Å². The summed E-state index contributed by atoms with van der Waals surface area (Å²) in [5.74, 6) is 2.06. The molecule has 1 aliphatic rings. The van der Waals surface area contributed by atoms with Crippen LogP contribution in [-0.4, -0.2) is 26.9 Å². The molecule has 0 aliphatic heterocycles. The standard InChI is InChI=1S/C18H21N5O/c1-24-15-10-20-18(21-17(15)19)16-13-8-4-5-9-14(13)23(22-16)11-12-6-2-3-7-12/h4-5,8-10,12H,2-3,6-7,11H2,1H3,(H2,19,20,21). The zero-order valence-corrected chi connectivity index (χ0v) is 13.8. The third kappa shape index (κ3) is 2.58. The third-order valence-corrected chi connectivity index (χ3v) is 4.78. The summed E-state index contributed by atoms with van der Waals surface area (Å²) in [4.78, 5) is 8.76. The Morgan fingerprint density at radius 2 is 2.04 bits per heavy atom. The predicted octanol–water partition coefficient (Wildman–Crippen LogP) is 3.27. The Kier molecular flexibility index (Phi) is 3.80. The fourth-order valence-electron chi connectivity index (χ4n) is 3.52. The van der Waals surface area contributed by atoms with Crippen LogP contribution < -0.4 is 10.5 Å². The SMILES string of the molecule is COc1cnc(-c2nn(CC3CCCC3)c3ccccc23)nc1N. The van der Waals surface area contributed by atoms with E-state index in [-0.39, 0.29) is 0 Å². The first kappa shape index (κ1) is 14.9. The van der Waals surface area contributed by atoms with Gasteiger partial charge in [0.15, 0.2) is 17.4 Å². The summed E-state index contributed by atoms with van der Waals surface area (Å²) in [7, 11) is 1.56. The second-order valence-corrected chi connectivity index (χ2v) is 6.35. The van der Waals surface area contributed by atoms with Crippen LogP contribution >= 0.6 is 0 Å². The molecule has 1 aromatic carbocycles. The zero-order chi connectivity index (χ0) is 16.5. The molecule has 1 aliphatic carbocycles. The van der Waals surface area contributed by atoms with Gasteiger partial charge in [0.2, 0.25) is 0 Å². The minimum Gasteiger partial charge on any atom is -0.491 e. The molecule has 3 aromatic rings. The number of nitrogen functional groups attached to an aromatic ring is 1. The molecule has 0 atom stereocenters. The van der Waals surface area contributed by atoms with Crippen LogP contribution in [0.4, 0.5) is 5.82 Å². The first-order valence-corrected chi connectivity index (χ1v) is 8.38. The highest BCUT2D eigenvalue weighted by molar-refractivity contribution is 5.91. The number of ether oxygens (including phenoxy) is 1. The molecular weight excluding hydrogens is 302 g/mol. The van der Waals surface area contributed by atoms with Crippen molar-refractivity contribution in [3.63, 3.8) is 0 Å². The molecule has 0 spiro atoms. The van der Waals surface area contributed by atoms with E-state index in [1.54, 1.807) is 13.3 Å². The lowest BCUT2D eigenvalue weighted by Crippen LogP contribution is -2.09. The number of aromatic nitrogens is 4. The van der Waals surface area contributed by atoms with Gasteiger partial charge in [0, 0.05) is 11.9 Å². The van der Waals surface area contributed by atoms with Crippen LogP contribution in [0.15, 0.2) is 30.5 Å². The van der Waals surface area contributed by atoms with Gasteiger partial charge in [-0.15, -0.1) is 0 Å². The average Bonchev–Trinajstić information content (AvgIpc) is 3.24. The maximum absolute atomic E-state index is 5.94. The van der Waals surface area contributed by atoms with E-state index in [1.165, 1.54) is 25.7 Å². The predicted molar refractivity (Wildman–Crippen MR) is 93.7 cm³/mol. The highest BCUT2D eigenvalue weighted by Crippen LogP contribution is 2.31. The summed E-state index contributed by atoms with van der Waals surface area (Å²) in [6.45, 7) is 0.951. The Morgan fingerprint density at radius 3 is 2.79 bits per heavy atom. The van der Waals surface area contributed by atoms with Crippen LogP contribution in [0.5, 0.6) is 5.75 Å². The van der Waals surface area contributed by atoms with Crippen molar-refractivity contribution >= 4 is 16.7 Å². The minimum absolute atomic E-state index is 0.330. The lowest BCUT2D eigenvalue weighted by Gasteiger charge is -2.09. The highest BCUT2D eigenvalue weighted by Gasteiger charge is 2.20. The van der Waals surface area contributed by atoms with Crippen molar-refractivity contribution in [2.75, 3.05) is 12.8 Å².